The van der Waals surface area contributed by atoms with Crippen LogP contribution in [0.3, 0.4) is 0 Å². The molecule has 0 atom stereocenters. The fourth-order valence-corrected chi connectivity index (χ4v) is 3.41. The van der Waals surface area contributed by atoms with Crippen LogP contribution in [0.1, 0.15) is 25.6 Å². The van der Waals surface area contributed by atoms with Crippen molar-refractivity contribution in [1.29, 1.82) is 0 Å². The summed E-state index contributed by atoms with van der Waals surface area (Å²) in [6, 6.07) is 8.55. The van der Waals surface area contributed by atoms with Gasteiger partial charge in [-0.1, -0.05) is 12.1 Å². The van der Waals surface area contributed by atoms with Crippen LogP contribution < -0.4 is 10.6 Å². The smallest absolute Gasteiger partial charge is 0.343 e. The van der Waals surface area contributed by atoms with Crippen molar-refractivity contribution >= 4 is 17.1 Å². The van der Waals surface area contributed by atoms with Gasteiger partial charge in [-0.05, 0) is 37.8 Å². The summed E-state index contributed by atoms with van der Waals surface area (Å²) in [6.45, 7) is 4.46. The van der Waals surface area contributed by atoms with Crippen LogP contribution in [0.4, 0.5) is 6.01 Å². The number of fused-ring (bicyclic) bond motifs is 1. The van der Waals surface area contributed by atoms with Crippen molar-refractivity contribution in [3.05, 3.63) is 40.6 Å². The average molecular weight is 327 g/mol. The summed E-state index contributed by atoms with van der Waals surface area (Å²) in [5, 5.41) is 6.72. The molecule has 0 unspecified atom stereocenters. The molecule has 1 aliphatic rings. The van der Waals surface area contributed by atoms with Gasteiger partial charge >= 0.3 is 5.69 Å². The summed E-state index contributed by atoms with van der Waals surface area (Å²) in [6.07, 6.45) is 2.93. The lowest BCUT2D eigenvalue weighted by Gasteiger charge is -2.30. The molecule has 0 bridgehead atoms. The number of piperidine rings is 1. The molecule has 0 saturated carbocycles. The van der Waals surface area contributed by atoms with Crippen LogP contribution in [0.15, 0.2) is 33.5 Å². The van der Waals surface area contributed by atoms with Gasteiger partial charge < -0.3 is 9.32 Å². The molecular weight excluding hydrogens is 306 g/mol. The van der Waals surface area contributed by atoms with Crippen LogP contribution in [0.2, 0.25) is 0 Å². The van der Waals surface area contributed by atoms with Gasteiger partial charge in [-0.2, -0.15) is 10.1 Å². The number of aromatic nitrogens is 4. The van der Waals surface area contributed by atoms with Gasteiger partial charge in [0.25, 0.3) is 6.01 Å². The molecule has 2 aromatic heterocycles. The van der Waals surface area contributed by atoms with E-state index in [9.17, 15) is 4.79 Å². The quantitative estimate of drug-likeness (QED) is 0.794. The van der Waals surface area contributed by atoms with Crippen LogP contribution in [-0.2, 0) is 13.0 Å². The summed E-state index contributed by atoms with van der Waals surface area (Å²) in [4.78, 5) is 18.4. The number of aromatic amines is 1. The number of nitrogens with one attached hydrogen (secondary N) is 1. The van der Waals surface area contributed by atoms with Crippen molar-refractivity contribution in [1.82, 2.24) is 19.7 Å². The first-order valence-electron chi connectivity index (χ1n) is 8.49. The highest BCUT2D eigenvalue weighted by Gasteiger charge is 2.24. The summed E-state index contributed by atoms with van der Waals surface area (Å²) in [7, 11) is 0. The number of oxazole rings is 1. The van der Waals surface area contributed by atoms with Crippen molar-refractivity contribution in [3.8, 4) is 0 Å². The molecule has 1 fully saturated rings. The van der Waals surface area contributed by atoms with E-state index in [0.717, 1.165) is 49.3 Å². The van der Waals surface area contributed by atoms with E-state index in [1.165, 1.54) is 0 Å². The van der Waals surface area contributed by atoms with Crippen molar-refractivity contribution in [2.45, 2.75) is 32.7 Å². The Morgan fingerprint density at radius 2 is 2.08 bits per heavy atom. The minimum atomic E-state index is -0.114. The number of benzene rings is 1. The standard InChI is InChI=1S/C17H21N5O2/c1-2-22-15(19-20-16(22)23)11-12-7-9-21(10-8-12)17-18-13-5-3-4-6-14(13)24-17/h3-6,12H,2,7-11H2,1H3,(H,20,23). The Morgan fingerprint density at radius 3 is 2.83 bits per heavy atom. The van der Waals surface area contributed by atoms with Gasteiger partial charge in [-0.15, -0.1) is 0 Å². The maximum atomic E-state index is 11.7. The Bertz CT molecular complexity index is 853. The number of hydrogen-bond donors (Lipinski definition) is 1. The molecule has 7 nitrogen and oxygen atoms in total. The molecule has 126 valence electrons. The molecule has 0 spiro atoms. The molecule has 4 rings (SSSR count). The van der Waals surface area contributed by atoms with Gasteiger partial charge in [0.15, 0.2) is 5.58 Å². The zero-order valence-electron chi connectivity index (χ0n) is 13.7. The summed E-state index contributed by atoms with van der Waals surface area (Å²) in [5.41, 5.74) is 1.62. The van der Waals surface area contributed by atoms with Crippen molar-refractivity contribution in [2.75, 3.05) is 18.0 Å². The Hall–Kier alpha value is -2.57. The monoisotopic (exact) mass is 327 g/mol. The van der Waals surface area contributed by atoms with Crippen molar-refractivity contribution < 1.29 is 4.42 Å². The fraction of sp³-hybridized carbons (Fsp3) is 0.471. The molecule has 1 aliphatic heterocycles. The fourth-order valence-electron chi connectivity index (χ4n) is 3.41. The van der Waals surface area contributed by atoms with E-state index in [-0.39, 0.29) is 5.69 Å². The highest BCUT2D eigenvalue weighted by atomic mass is 16.4. The second-order valence-corrected chi connectivity index (χ2v) is 6.29. The predicted molar refractivity (Wildman–Crippen MR) is 91.2 cm³/mol. The van der Waals surface area contributed by atoms with Crippen LogP contribution in [-0.4, -0.2) is 32.8 Å². The lowest BCUT2D eigenvalue weighted by Crippen LogP contribution is -2.35. The van der Waals surface area contributed by atoms with Gasteiger partial charge in [0.1, 0.15) is 11.3 Å². The SMILES string of the molecule is CCn1c(CC2CCN(c3nc4ccccc4o3)CC2)n[nH]c1=O. The second kappa shape index (κ2) is 6.14. The molecule has 1 N–H and O–H groups in total. The first-order chi connectivity index (χ1) is 11.7. The van der Waals surface area contributed by atoms with Gasteiger partial charge in [0, 0.05) is 26.1 Å². The summed E-state index contributed by atoms with van der Waals surface area (Å²) in [5.74, 6) is 1.40. The maximum absolute atomic E-state index is 11.7. The molecule has 24 heavy (non-hydrogen) atoms. The largest absolute Gasteiger partial charge is 0.423 e. The van der Waals surface area contributed by atoms with Crippen molar-refractivity contribution in [2.24, 2.45) is 5.92 Å². The molecule has 0 radical (unpaired) electrons. The molecule has 3 aromatic rings. The molecular formula is C17H21N5O2. The number of hydrogen-bond acceptors (Lipinski definition) is 5. The Morgan fingerprint density at radius 1 is 1.29 bits per heavy atom. The van der Waals surface area contributed by atoms with Gasteiger partial charge in [0.2, 0.25) is 0 Å². The lowest BCUT2D eigenvalue weighted by atomic mass is 9.93. The topological polar surface area (TPSA) is 80.0 Å². The van der Waals surface area contributed by atoms with Crippen LogP contribution in [0.25, 0.3) is 11.1 Å². The normalized spacial score (nSPS) is 16.1. The third-order valence-electron chi connectivity index (χ3n) is 4.79. The van der Waals surface area contributed by atoms with E-state index in [4.69, 9.17) is 4.42 Å². The van der Waals surface area contributed by atoms with Gasteiger partial charge in [0.05, 0.1) is 0 Å². The molecule has 0 aliphatic carbocycles. The van der Waals surface area contributed by atoms with E-state index >= 15 is 0 Å². The predicted octanol–water partition coefficient (Wildman–Crippen LogP) is 2.19. The Labute approximate surface area is 139 Å². The van der Waals surface area contributed by atoms with E-state index in [1.54, 1.807) is 4.57 Å². The number of H-pyrrole nitrogens is 1. The number of nitrogens with zero attached hydrogens (tertiary/aromatic N) is 4. The zero-order chi connectivity index (χ0) is 16.5. The minimum absolute atomic E-state index is 0.114. The zero-order valence-corrected chi connectivity index (χ0v) is 13.7. The third-order valence-corrected chi connectivity index (χ3v) is 4.79. The van der Waals surface area contributed by atoms with Crippen molar-refractivity contribution in [3.63, 3.8) is 0 Å². The lowest BCUT2D eigenvalue weighted by molar-refractivity contribution is 0.378. The average Bonchev–Trinajstić information content (AvgIpc) is 3.19. The first kappa shape index (κ1) is 15.0. The molecule has 1 aromatic carbocycles. The number of rotatable bonds is 4. The van der Waals surface area contributed by atoms with E-state index in [2.05, 4.69) is 20.1 Å². The van der Waals surface area contributed by atoms with Gasteiger partial charge in [-0.25, -0.2) is 9.89 Å². The molecule has 0 amide bonds. The number of anilines is 1. The van der Waals surface area contributed by atoms with E-state index < -0.39 is 0 Å². The second-order valence-electron chi connectivity index (χ2n) is 6.29. The van der Waals surface area contributed by atoms with E-state index in [1.807, 2.05) is 31.2 Å². The van der Waals surface area contributed by atoms with Crippen LogP contribution >= 0.6 is 0 Å². The molecule has 1 saturated heterocycles. The molecule has 3 heterocycles. The third kappa shape index (κ3) is 2.70. The Kier molecular flexibility index (Phi) is 3.84. The first-order valence-corrected chi connectivity index (χ1v) is 8.49. The van der Waals surface area contributed by atoms with Crippen LogP contribution in [0.5, 0.6) is 0 Å². The summed E-state index contributed by atoms with van der Waals surface area (Å²) < 4.78 is 7.57. The van der Waals surface area contributed by atoms with Crippen LogP contribution in [0, 0.1) is 5.92 Å². The minimum Gasteiger partial charge on any atom is -0.423 e. The van der Waals surface area contributed by atoms with E-state index in [0.29, 0.717) is 18.5 Å². The Balaban J connectivity index is 1.42. The maximum Gasteiger partial charge on any atom is 0.343 e. The van der Waals surface area contributed by atoms with Gasteiger partial charge in [-0.3, -0.25) is 4.57 Å². The number of para-hydroxylation sites is 2. The molecule has 7 heteroatoms. The highest BCUT2D eigenvalue weighted by molar-refractivity contribution is 5.74. The highest BCUT2D eigenvalue weighted by Crippen LogP contribution is 2.27. The summed E-state index contributed by atoms with van der Waals surface area (Å²) >= 11 is 0.